The summed E-state index contributed by atoms with van der Waals surface area (Å²) in [6, 6.07) is 0. The van der Waals surface area contributed by atoms with Gasteiger partial charge in [-0.15, -0.1) is 0 Å². The summed E-state index contributed by atoms with van der Waals surface area (Å²) >= 11 is 0. The Morgan fingerprint density at radius 2 is 2.40 bits per heavy atom. The van der Waals surface area contributed by atoms with E-state index in [1.165, 1.54) is 0 Å². The Kier molecular flexibility index (Phi) is 2.73. The second-order valence-corrected chi connectivity index (χ2v) is 4.16. The molecule has 3 N–H and O–H groups in total. The number of H-pyrrole nitrogens is 1. The van der Waals surface area contributed by atoms with Crippen molar-refractivity contribution in [2.75, 3.05) is 18.4 Å². The summed E-state index contributed by atoms with van der Waals surface area (Å²) in [5.41, 5.74) is 0.960. The molecule has 0 spiro atoms. The lowest BCUT2D eigenvalue weighted by Gasteiger charge is -2.13. The summed E-state index contributed by atoms with van der Waals surface area (Å²) in [6.07, 6.45) is 1.70. The SMILES string of the molecule is Cc1cn[nH]c1NC(=O)C1CNCC1C. The van der Waals surface area contributed by atoms with Gasteiger partial charge in [-0.2, -0.15) is 5.10 Å². The lowest BCUT2D eigenvalue weighted by Crippen LogP contribution is -2.28. The van der Waals surface area contributed by atoms with Gasteiger partial charge in [-0.25, -0.2) is 0 Å². The number of hydrogen-bond donors (Lipinski definition) is 3. The zero-order chi connectivity index (χ0) is 10.8. The molecule has 5 heteroatoms. The third-order valence-electron chi connectivity index (χ3n) is 2.93. The van der Waals surface area contributed by atoms with Crippen LogP contribution in [0.5, 0.6) is 0 Å². The minimum Gasteiger partial charge on any atom is -0.316 e. The van der Waals surface area contributed by atoms with E-state index in [4.69, 9.17) is 0 Å². The highest BCUT2D eigenvalue weighted by molar-refractivity contribution is 5.92. The number of rotatable bonds is 2. The van der Waals surface area contributed by atoms with Crippen molar-refractivity contribution in [2.24, 2.45) is 11.8 Å². The van der Waals surface area contributed by atoms with Crippen LogP contribution in [-0.2, 0) is 4.79 Å². The maximum atomic E-state index is 11.9. The van der Waals surface area contributed by atoms with Crippen LogP contribution in [0, 0.1) is 18.8 Å². The molecule has 1 fully saturated rings. The minimum atomic E-state index is 0.0627. The number of aromatic nitrogens is 2. The molecule has 0 radical (unpaired) electrons. The largest absolute Gasteiger partial charge is 0.316 e. The van der Waals surface area contributed by atoms with Crippen molar-refractivity contribution in [2.45, 2.75) is 13.8 Å². The predicted octanol–water partition coefficient (Wildman–Crippen LogP) is 0.512. The Labute approximate surface area is 88.6 Å². The fourth-order valence-electron chi connectivity index (χ4n) is 1.85. The second-order valence-electron chi connectivity index (χ2n) is 4.16. The molecule has 0 aromatic carbocycles. The van der Waals surface area contributed by atoms with Crippen LogP contribution < -0.4 is 10.6 Å². The lowest BCUT2D eigenvalue weighted by molar-refractivity contribution is -0.120. The highest BCUT2D eigenvalue weighted by Crippen LogP contribution is 2.18. The van der Waals surface area contributed by atoms with E-state index in [0.29, 0.717) is 11.7 Å². The van der Waals surface area contributed by atoms with Crippen LogP contribution in [0.3, 0.4) is 0 Å². The molecule has 1 aliphatic heterocycles. The van der Waals surface area contributed by atoms with Crippen molar-refractivity contribution in [1.82, 2.24) is 15.5 Å². The fraction of sp³-hybridized carbons (Fsp3) is 0.600. The zero-order valence-corrected chi connectivity index (χ0v) is 9.00. The first-order valence-corrected chi connectivity index (χ1v) is 5.20. The molecule has 0 bridgehead atoms. The van der Waals surface area contributed by atoms with Gasteiger partial charge in [0.05, 0.1) is 12.1 Å². The first-order chi connectivity index (χ1) is 7.18. The van der Waals surface area contributed by atoms with E-state index < -0.39 is 0 Å². The van der Waals surface area contributed by atoms with Gasteiger partial charge in [-0.3, -0.25) is 9.89 Å². The van der Waals surface area contributed by atoms with Crippen LogP contribution in [0.15, 0.2) is 6.20 Å². The predicted molar refractivity (Wildman–Crippen MR) is 57.5 cm³/mol. The third-order valence-corrected chi connectivity index (χ3v) is 2.93. The summed E-state index contributed by atoms with van der Waals surface area (Å²) in [6.45, 7) is 5.68. The van der Waals surface area contributed by atoms with Crippen LogP contribution >= 0.6 is 0 Å². The Morgan fingerprint density at radius 1 is 1.60 bits per heavy atom. The molecule has 1 aromatic heterocycles. The van der Waals surface area contributed by atoms with E-state index in [0.717, 1.165) is 18.7 Å². The molecule has 2 unspecified atom stereocenters. The van der Waals surface area contributed by atoms with Crippen LogP contribution in [0.2, 0.25) is 0 Å². The van der Waals surface area contributed by atoms with Crippen LogP contribution in [0.1, 0.15) is 12.5 Å². The number of carbonyl (C=O) groups excluding carboxylic acids is 1. The quantitative estimate of drug-likeness (QED) is 0.663. The van der Waals surface area contributed by atoms with E-state index >= 15 is 0 Å². The number of aromatic amines is 1. The molecule has 1 aliphatic rings. The standard InChI is InChI=1S/C10H16N4O/c1-6-3-11-5-8(6)10(15)13-9-7(2)4-12-14-9/h4,6,8,11H,3,5H2,1-2H3,(H2,12,13,14,15). The van der Waals surface area contributed by atoms with Crippen molar-refractivity contribution >= 4 is 11.7 Å². The van der Waals surface area contributed by atoms with Gasteiger partial charge in [-0.1, -0.05) is 6.92 Å². The van der Waals surface area contributed by atoms with E-state index in [2.05, 4.69) is 27.8 Å². The van der Waals surface area contributed by atoms with Gasteiger partial charge in [0.15, 0.2) is 0 Å². The molecule has 1 aromatic rings. The molecule has 2 heterocycles. The molecule has 0 aliphatic carbocycles. The number of amides is 1. The zero-order valence-electron chi connectivity index (χ0n) is 9.00. The average molecular weight is 208 g/mol. The van der Waals surface area contributed by atoms with Crippen molar-refractivity contribution in [3.05, 3.63) is 11.8 Å². The van der Waals surface area contributed by atoms with E-state index in [1.54, 1.807) is 6.20 Å². The van der Waals surface area contributed by atoms with Crippen molar-refractivity contribution in [3.63, 3.8) is 0 Å². The molecule has 1 saturated heterocycles. The molecule has 1 amide bonds. The summed E-state index contributed by atoms with van der Waals surface area (Å²) in [7, 11) is 0. The molecular formula is C10H16N4O. The Bertz CT molecular complexity index is 360. The van der Waals surface area contributed by atoms with Crippen LogP contribution in [0.25, 0.3) is 0 Å². The minimum absolute atomic E-state index is 0.0627. The number of carbonyl (C=O) groups is 1. The van der Waals surface area contributed by atoms with Gasteiger partial charge in [0, 0.05) is 12.1 Å². The fourth-order valence-corrected chi connectivity index (χ4v) is 1.85. The monoisotopic (exact) mass is 208 g/mol. The van der Waals surface area contributed by atoms with E-state index in [9.17, 15) is 4.79 Å². The van der Waals surface area contributed by atoms with Crippen molar-refractivity contribution < 1.29 is 4.79 Å². The van der Waals surface area contributed by atoms with E-state index in [-0.39, 0.29) is 11.8 Å². The first-order valence-electron chi connectivity index (χ1n) is 5.20. The van der Waals surface area contributed by atoms with Gasteiger partial charge in [0.2, 0.25) is 5.91 Å². The molecule has 82 valence electrons. The summed E-state index contributed by atoms with van der Waals surface area (Å²) in [4.78, 5) is 11.9. The molecule has 2 atom stereocenters. The Balaban J connectivity index is 2.01. The maximum Gasteiger partial charge on any atom is 0.230 e. The first kappa shape index (κ1) is 10.2. The molecule has 15 heavy (non-hydrogen) atoms. The summed E-state index contributed by atoms with van der Waals surface area (Å²) in [5, 5.41) is 12.7. The number of hydrogen-bond acceptors (Lipinski definition) is 3. The van der Waals surface area contributed by atoms with Gasteiger partial charge < -0.3 is 10.6 Å². The van der Waals surface area contributed by atoms with E-state index in [1.807, 2.05) is 6.92 Å². The van der Waals surface area contributed by atoms with Crippen molar-refractivity contribution in [3.8, 4) is 0 Å². The van der Waals surface area contributed by atoms with Gasteiger partial charge in [0.25, 0.3) is 0 Å². The normalized spacial score (nSPS) is 25.5. The maximum absolute atomic E-state index is 11.9. The third kappa shape index (κ3) is 2.02. The molecule has 0 saturated carbocycles. The van der Waals surface area contributed by atoms with Gasteiger partial charge >= 0.3 is 0 Å². The lowest BCUT2D eigenvalue weighted by atomic mass is 9.97. The number of nitrogens with one attached hydrogen (secondary N) is 3. The summed E-state index contributed by atoms with van der Waals surface area (Å²) < 4.78 is 0. The number of nitrogens with zero attached hydrogens (tertiary/aromatic N) is 1. The van der Waals surface area contributed by atoms with Crippen LogP contribution in [0.4, 0.5) is 5.82 Å². The Morgan fingerprint density at radius 3 is 2.93 bits per heavy atom. The van der Waals surface area contributed by atoms with Crippen molar-refractivity contribution in [1.29, 1.82) is 0 Å². The number of aryl methyl sites for hydroxylation is 1. The van der Waals surface area contributed by atoms with Gasteiger partial charge in [0.1, 0.15) is 5.82 Å². The molecular weight excluding hydrogens is 192 g/mol. The highest BCUT2D eigenvalue weighted by atomic mass is 16.2. The number of anilines is 1. The topological polar surface area (TPSA) is 69.8 Å². The smallest absolute Gasteiger partial charge is 0.230 e. The van der Waals surface area contributed by atoms with Crippen LogP contribution in [-0.4, -0.2) is 29.2 Å². The van der Waals surface area contributed by atoms with Gasteiger partial charge in [-0.05, 0) is 19.4 Å². The molecule has 2 rings (SSSR count). The Hall–Kier alpha value is -1.36. The molecule has 5 nitrogen and oxygen atoms in total. The second kappa shape index (κ2) is 4.02. The average Bonchev–Trinajstić information content (AvgIpc) is 2.76. The highest BCUT2D eigenvalue weighted by Gasteiger charge is 2.29. The summed E-state index contributed by atoms with van der Waals surface area (Å²) in [5.74, 6) is 1.24.